The molecule has 4 rings (SSSR count). The maximum absolute atomic E-state index is 13.4. The fourth-order valence-electron chi connectivity index (χ4n) is 4.12. The lowest BCUT2D eigenvalue weighted by Crippen LogP contribution is -2.25. The maximum atomic E-state index is 13.4. The molecule has 33 heavy (non-hydrogen) atoms. The summed E-state index contributed by atoms with van der Waals surface area (Å²) in [5.41, 5.74) is 0.455. The van der Waals surface area contributed by atoms with Crippen molar-refractivity contribution in [2.45, 2.75) is 44.9 Å². The molecule has 1 heterocycles. The minimum atomic E-state index is -0.553. The van der Waals surface area contributed by atoms with E-state index in [4.69, 9.17) is 21.3 Å². The molecule has 2 aromatic carbocycles. The minimum absolute atomic E-state index is 0.0126. The van der Waals surface area contributed by atoms with E-state index in [0.29, 0.717) is 22.3 Å². The standard InChI is InChI=1S/C23H22BrClN4O4/c1-2-33-21-18(25)10-14(11-20(21)29(31)32)13-26-28-22(15-6-4-3-5-7-15)27-19-9-8-16(24)12-17(19)23(28)30/h8-13,15H,2-7H2,1H3. The summed E-state index contributed by atoms with van der Waals surface area (Å²) in [6.07, 6.45) is 6.58. The van der Waals surface area contributed by atoms with E-state index in [0.717, 1.165) is 30.2 Å². The third-order valence-corrected chi connectivity index (χ3v) is 6.43. The van der Waals surface area contributed by atoms with Crippen LogP contribution in [0.3, 0.4) is 0 Å². The largest absolute Gasteiger partial charge is 0.486 e. The smallest absolute Gasteiger partial charge is 0.313 e. The van der Waals surface area contributed by atoms with E-state index in [9.17, 15) is 14.9 Å². The number of nitro benzene ring substituents is 1. The Bertz CT molecular complexity index is 1300. The van der Waals surface area contributed by atoms with Crippen molar-refractivity contribution in [3.63, 3.8) is 0 Å². The molecule has 1 fully saturated rings. The van der Waals surface area contributed by atoms with E-state index >= 15 is 0 Å². The van der Waals surface area contributed by atoms with Gasteiger partial charge in [-0.05, 0) is 44.0 Å². The number of fused-ring (bicyclic) bond motifs is 1. The average molecular weight is 534 g/mol. The van der Waals surface area contributed by atoms with Gasteiger partial charge < -0.3 is 4.74 Å². The van der Waals surface area contributed by atoms with Gasteiger partial charge in [-0.25, -0.2) is 4.98 Å². The molecule has 0 aliphatic heterocycles. The lowest BCUT2D eigenvalue weighted by Gasteiger charge is -2.22. The molecule has 1 saturated carbocycles. The Morgan fingerprint density at radius 2 is 2.06 bits per heavy atom. The van der Waals surface area contributed by atoms with Crippen molar-refractivity contribution in [2.75, 3.05) is 6.61 Å². The first-order valence-electron chi connectivity index (χ1n) is 10.8. The summed E-state index contributed by atoms with van der Waals surface area (Å²) in [4.78, 5) is 29.1. The van der Waals surface area contributed by atoms with E-state index in [2.05, 4.69) is 21.0 Å². The first-order chi connectivity index (χ1) is 15.9. The highest BCUT2D eigenvalue weighted by Gasteiger charge is 2.23. The van der Waals surface area contributed by atoms with E-state index in [1.807, 2.05) is 12.1 Å². The molecule has 172 valence electrons. The first-order valence-corrected chi connectivity index (χ1v) is 11.9. The molecule has 10 heteroatoms. The Labute approximate surface area is 203 Å². The molecule has 0 spiro atoms. The normalized spacial score (nSPS) is 14.8. The molecule has 3 aromatic rings. The second-order valence-corrected chi connectivity index (χ2v) is 9.19. The molecule has 1 aromatic heterocycles. The summed E-state index contributed by atoms with van der Waals surface area (Å²) in [6, 6.07) is 8.25. The summed E-state index contributed by atoms with van der Waals surface area (Å²) in [7, 11) is 0. The van der Waals surface area contributed by atoms with Crippen molar-refractivity contribution in [1.82, 2.24) is 9.66 Å². The highest BCUT2D eigenvalue weighted by atomic mass is 79.9. The van der Waals surface area contributed by atoms with Crippen LogP contribution < -0.4 is 10.3 Å². The highest BCUT2D eigenvalue weighted by Crippen LogP contribution is 2.36. The van der Waals surface area contributed by atoms with Gasteiger partial charge in [0.2, 0.25) is 5.75 Å². The Kier molecular flexibility index (Phi) is 7.09. The van der Waals surface area contributed by atoms with Gasteiger partial charge in [0.05, 0.1) is 33.7 Å². The molecule has 8 nitrogen and oxygen atoms in total. The van der Waals surface area contributed by atoms with Crippen LogP contribution in [-0.2, 0) is 0 Å². The van der Waals surface area contributed by atoms with Gasteiger partial charge in [-0.15, -0.1) is 0 Å². The van der Waals surface area contributed by atoms with Crippen molar-refractivity contribution in [2.24, 2.45) is 5.10 Å². The van der Waals surface area contributed by atoms with E-state index in [1.165, 1.54) is 29.4 Å². The molecule has 0 unspecified atom stereocenters. The molecule has 0 saturated heterocycles. The van der Waals surface area contributed by atoms with Crippen molar-refractivity contribution in [3.05, 3.63) is 71.7 Å². The minimum Gasteiger partial charge on any atom is -0.486 e. The number of nitrogens with zero attached hydrogens (tertiary/aromatic N) is 4. The van der Waals surface area contributed by atoms with Crippen molar-refractivity contribution < 1.29 is 9.66 Å². The fraction of sp³-hybridized carbons (Fsp3) is 0.348. The predicted molar refractivity (Wildman–Crippen MR) is 132 cm³/mol. The molecular weight excluding hydrogens is 512 g/mol. The number of hydrogen-bond acceptors (Lipinski definition) is 6. The van der Waals surface area contributed by atoms with E-state index < -0.39 is 4.92 Å². The second-order valence-electron chi connectivity index (χ2n) is 7.87. The third kappa shape index (κ3) is 4.94. The zero-order valence-electron chi connectivity index (χ0n) is 18.0. The molecule has 0 N–H and O–H groups in total. The molecule has 0 atom stereocenters. The fourth-order valence-corrected chi connectivity index (χ4v) is 4.76. The Morgan fingerprint density at radius 3 is 2.76 bits per heavy atom. The summed E-state index contributed by atoms with van der Waals surface area (Å²) in [5, 5.41) is 16.5. The van der Waals surface area contributed by atoms with Gasteiger partial charge in [0.1, 0.15) is 5.82 Å². The van der Waals surface area contributed by atoms with Crippen LogP contribution in [0.25, 0.3) is 10.9 Å². The van der Waals surface area contributed by atoms with Gasteiger partial charge in [-0.1, -0.05) is 46.8 Å². The van der Waals surface area contributed by atoms with Crippen LogP contribution in [-0.4, -0.2) is 27.4 Å². The maximum Gasteiger partial charge on any atom is 0.313 e. The van der Waals surface area contributed by atoms with Gasteiger partial charge in [-0.2, -0.15) is 9.78 Å². The van der Waals surface area contributed by atoms with Crippen molar-refractivity contribution in [3.8, 4) is 5.75 Å². The topological polar surface area (TPSA) is 99.6 Å². The summed E-state index contributed by atoms with van der Waals surface area (Å²) in [6.45, 7) is 1.96. The SMILES string of the molecule is CCOc1c(Cl)cc(C=Nn2c(C3CCCCC3)nc3ccc(Br)cc3c2=O)cc1[N+](=O)[O-]. The number of rotatable bonds is 6. The van der Waals surface area contributed by atoms with Crippen LogP contribution in [0.5, 0.6) is 5.75 Å². The van der Waals surface area contributed by atoms with Gasteiger partial charge in [0.15, 0.2) is 0 Å². The van der Waals surface area contributed by atoms with E-state index in [-0.39, 0.29) is 34.5 Å². The lowest BCUT2D eigenvalue weighted by molar-refractivity contribution is -0.385. The molecule has 1 aliphatic rings. The van der Waals surface area contributed by atoms with Crippen LogP contribution in [0.4, 0.5) is 5.69 Å². The highest BCUT2D eigenvalue weighted by molar-refractivity contribution is 9.10. The van der Waals surface area contributed by atoms with Crippen LogP contribution in [0.2, 0.25) is 5.02 Å². The van der Waals surface area contributed by atoms with Crippen molar-refractivity contribution in [1.29, 1.82) is 0 Å². The van der Waals surface area contributed by atoms with Gasteiger partial charge in [0, 0.05) is 22.0 Å². The van der Waals surface area contributed by atoms with Crippen LogP contribution in [0.15, 0.2) is 44.7 Å². The third-order valence-electron chi connectivity index (χ3n) is 5.66. The Balaban J connectivity index is 1.84. The van der Waals surface area contributed by atoms with Crippen molar-refractivity contribution >= 4 is 50.3 Å². The van der Waals surface area contributed by atoms with Crippen LogP contribution >= 0.6 is 27.5 Å². The molecule has 0 radical (unpaired) electrons. The first kappa shape index (κ1) is 23.4. The van der Waals surface area contributed by atoms with Crippen LogP contribution in [0.1, 0.15) is 56.3 Å². The molecule has 0 bridgehead atoms. The number of nitro groups is 1. The average Bonchev–Trinajstić information content (AvgIpc) is 2.80. The molecular formula is C23H22BrClN4O4. The number of hydrogen-bond donors (Lipinski definition) is 0. The number of aromatic nitrogens is 2. The Hall–Kier alpha value is -2.78. The number of halogens is 2. The van der Waals surface area contributed by atoms with Gasteiger partial charge in [0.25, 0.3) is 5.56 Å². The zero-order chi connectivity index (χ0) is 23.5. The zero-order valence-corrected chi connectivity index (χ0v) is 20.3. The quantitative estimate of drug-likeness (QED) is 0.218. The molecule has 0 amide bonds. The molecule has 1 aliphatic carbocycles. The summed E-state index contributed by atoms with van der Waals surface area (Å²) >= 11 is 9.65. The van der Waals surface area contributed by atoms with E-state index in [1.54, 1.807) is 13.0 Å². The van der Waals surface area contributed by atoms with Gasteiger partial charge >= 0.3 is 5.69 Å². The van der Waals surface area contributed by atoms with Crippen LogP contribution in [0, 0.1) is 10.1 Å². The number of benzene rings is 2. The second kappa shape index (κ2) is 10.0. The summed E-state index contributed by atoms with van der Waals surface area (Å²) < 4.78 is 7.42. The Morgan fingerprint density at radius 1 is 1.30 bits per heavy atom. The predicted octanol–water partition coefficient (Wildman–Crippen LogP) is 6.05. The monoisotopic (exact) mass is 532 g/mol. The number of ether oxygens (including phenoxy) is 1. The summed E-state index contributed by atoms with van der Waals surface area (Å²) in [5.74, 6) is 0.741. The van der Waals surface area contributed by atoms with Gasteiger partial charge in [-0.3, -0.25) is 14.9 Å². The lowest BCUT2D eigenvalue weighted by atomic mass is 9.88.